The number of aliphatic hydroxyl groups excluding tert-OH is 1. The molecule has 0 amide bonds. The van der Waals surface area contributed by atoms with Gasteiger partial charge in [0.15, 0.2) is 5.78 Å². The molecule has 0 heterocycles. The van der Waals surface area contributed by atoms with Crippen molar-refractivity contribution in [1.82, 2.24) is 0 Å². The highest BCUT2D eigenvalue weighted by molar-refractivity contribution is 6.21. The number of Topliss-reactive ketones (excluding diaryl/α,β-unsaturated/α-hetero) is 1. The number of aliphatic hydroxyl groups is 1. The van der Waals surface area contributed by atoms with E-state index in [1.807, 2.05) is 6.07 Å². The number of hydrogen-bond acceptors (Lipinski definition) is 2. The Morgan fingerprint density at radius 3 is 2.50 bits per heavy atom. The average molecular weight is 213 g/mol. The van der Waals surface area contributed by atoms with E-state index in [2.05, 4.69) is 0 Å². The molecule has 0 fully saturated rings. The Morgan fingerprint density at radius 1 is 1.43 bits per heavy atom. The number of carbonyl (C=O) groups excluding carboxylic acids is 1. The molecular weight excluding hydrogens is 200 g/mol. The van der Waals surface area contributed by atoms with Crippen molar-refractivity contribution < 1.29 is 9.90 Å². The second-order valence-corrected chi connectivity index (χ2v) is 3.93. The highest BCUT2D eigenvalue weighted by Gasteiger charge is 2.16. The van der Waals surface area contributed by atoms with Crippen molar-refractivity contribution >= 4 is 17.4 Å². The lowest BCUT2D eigenvalue weighted by Gasteiger charge is -2.11. The van der Waals surface area contributed by atoms with Crippen LogP contribution in [-0.4, -0.2) is 22.4 Å². The Bertz CT molecular complexity index is 295. The van der Waals surface area contributed by atoms with Crippen LogP contribution in [-0.2, 0) is 0 Å². The normalized spacial score (nSPS) is 14.8. The number of hydrogen-bond donors (Lipinski definition) is 1. The minimum Gasteiger partial charge on any atom is -0.391 e. The minimum absolute atomic E-state index is 0.0781. The van der Waals surface area contributed by atoms with Crippen molar-refractivity contribution in [1.29, 1.82) is 0 Å². The Balaban J connectivity index is 2.60. The summed E-state index contributed by atoms with van der Waals surface area (Å²) in [5, 5.41) is 9.01. The molecule has 1 rings (SSSR count). The van der Waals surface area contributed by atoms with Gasteiger partial charge in [-0.3, -0.25) is 4.79 Å². The maximum atomic E-state index is 11.5. The predicted molar refractivity (Wildman–Crippen MR) is 56.7 cm³/mol. The zero-order valence-corrected chi connectivity index (χ0v) is 8.74. The number of alkyl halides is 1. The largest absolute Gasteiger partial charge is 0.391 e. The molecular formula is C11H13ClO2. The molecule has 0 spiro atoms. The third-order valence-electron chi connectivity index (χ3n) is 2.02. The van der Waals surface area contributed by atoms with Gasteiger partial charge in [-0.25, -0.2) is 0 Å². The molecule has 0 aliphatic heterocycles. The molecule has 2 nitrogen and oxygen atoms in total. The van der Waals surface area contributed by atoms with Crippen LogP contribution in [0.15, 0.2) is 30.3 Å². The van der Waals surface area contributed by atoms with Crippen LogP contribution in [0.1, 0.15) is 23.7 Å². The molecule has 0 bridgehead atoms. The highest BCUT2D eigenvalue weighted by Crippen LogP contribution is 2.10. The fourth-order valence-electron chi connectivity index (χ4n) is 1.09. The molecule has 2 unspecified atom stereocenters. The van der Waals surface area contributed by atoms with Crippen LogP contribution in [0.5, 0.6) is 0 Å². The van der Waals surface area contributed by atoms with E-state index in [-0.39, 0.29) is 12.2 Å². The summed E-state index contributed by atoms with van der Waals surface area (Å²) in [4.78, 5) is 11.5. The van der Waals surface area contributed by atoms with Crippen LogP contribution >= 0.6 is 11.6 Å². The summed E-state index contributed by atoms with van der Waals surface area (Å²) < 4.78 is 0. The molecule has 0 aliphatic carbocycles. The maximum Gasteiger partial charge on any atom is 0.165 e. The zero-order chi connectivity index (χ0) is 10.6. The summed E-state index contributed by atoms with van der Waals surface area (Å²) in [7, 11) is 0. The summed E-state index contributed by atoms with van der Waals surface area (Å²) in [5.41, 5.74) is 0.615. The van der Waals surface area contributed by atoms with Crippen LogP contribution in [0.25, 0.3) is 0 Å². The van der Waals surface area contributed by atoms with Crippen LogP contribution in [0.4, 0.5) is 0 Å². The second-order valence-electron chi connectivity index (χ2n) is 3.24. The van der Waals surface area contributed by atoms with Crippen molar-refractivity contribution in [2.75, 3.05) is 0 Å². The number of halogens is 1. The van der Waals surface area contributed by atoms with E-state index in [0.29, 0.717) is 5.56 Å². The van der Waals surface area contributed by atoms with Gasteiger partial charge in [-0.15, -0.1) is 11.6 Å². The summed E-state index contributed by atoms with van der Waals surface area (Å²) in [6, 6.07) is 8.90. The lowest BCUT2D eigenvalue weighted by atomic mass is 10.0. The van der Waals surface area contributed by atoms with E-state index in [0.717, 1.165) is 0 Å². The average Bonchev–Trinajstić information content (AvgIpc) is 2.19. The van der Waals surface area contributed by atoms with Crippen LogP contribution in [0.2, 0.25) is 0 Å². The molecule has 1 N–H and O–H groups in total. The topological polar surface area (TPSA) is 37.3 Å². The third-order valence-corrected chi connectivity index (χ3v) is 2.31. The molecule has 0 aromatic heterocycles. The monoisotopic (exact) mass is 212 g/mol. The van der Waals surface area contributed by atoms with E-state index in [9.17, 15) is 9.90 Å². The van der Waals surface area contributed by atoms with Gasteiger partial charge in [0.2, 0.25) is 0 Å². The molecule has 14 heavy (non-hydrogen) atoms. The Hall–Kier alpha value is -0.860. The molecule has 3 heteroatoms. The molecule has 76 valence electrons. The Labute approximate surface area is 88.5 Å². The van der Waals surface area contributed by atoms with Crippen molar-refractivity contribution in [2.45, 2.75) is 24.8 Å². The van der Waals surface area contributed by atoms with Gasteiger partial charge in [-0.1, -0.05) is 30.3 Å². The van der Waals surface area contributed by atoms with E-state index in [1.165, 1.54) is 0 Å². The third kappa shape index (κ3) is 3.13. The van der Waals surface area contributed by atoms with E-state index in [4.69, 9.17) is 11.6 Å². The van der Waals surface area contributed by atoms with E-state index < -0.39 is 11.5 Å². The number of carbonyl (C=O) groups is 1. The molecule has 1 aromatic rings. The summed E-state index contributed by atoms with van der Waals surface area (Å²) >= 11 is 5.66. The van der Waals surface area contributed by atoms with Crippen LogP contribution in [0.3, 0.4) is 0 Å². The minimum atomic E-state index is -0.774. The fraction of sp³-hybridized carbons (Fsp3) is 0.364. The molecule has 2 atom stereocenters. The quantitative estimate of drug-likeness (QED) is 0.614. The van der Waals surface area contributed by atoms with Gasteiger partial charge in [0.25, 0.3) is 0 Å². The summed E-state index contributed by atoms with van der Waals surface area (Å²) in [6.45, 7) is 1.67. The number of rotatable bonds is 4. The molecule has 1 aromatic carbocycles. The predicted octanol–water partition coefficient (Wildman–Crippen LogP) is 2.25. The molecule has 0 aliphatic rings. The van der Waals surface area contributed by atoms with Crippen molar-refractivity contribution in [3.8, 4) is 0 Å². The zero-order valence-electron chi connectivity index (χ0n) is 7.98. The first kappa shape index (κ1) is 11.2. The van der Waals surface area contributed by atoms with Crippen molar-refractivity contribution in [3.63, 3.8) is 0 Å². The first-order valence-electron chi connectivity index (χ1n) is 4.51. The smallest absolute Gasteiger partial charge is 0.165 e. The van der Waals surface area contributed by atoms with Gasteiger partial charge >= 0.3 is 0 Å². The summed E-state index contributed by atoms with van der Waals surface area (Å²) in [5.74, 6) is -0.0781. The van der Waals surface area contributed by atoms with Crippen molar-refractivity contribution in [2.24, 2.45) is 0 Å². The SMILES string of the molecule is CC(Cl)C(O)CC(=O)c1ccccc1. The summed E-state index contributed by atoms with van der Waals surface area (Å²) in [6.07, 6.45) is -0.696. The van der Waals surface area contributed by atoms with Gasteiger partial charge in [-0.05, 0) is 6.92 Å². The number of benzene rings is 1. The standard InChI is InChI=1S/C11H13ClO2/c1-8(12)10(13)7-11(14)9-5-3-2-4-6-9/h2-6,8,10,13H,7H2,1H3. The van der Waals surface area contributed by atoms with Gasteiger partial charge in [0.1, 0.15) is 0 Å². The van der Waals surface area contributed by atoms with Crippen LogP contribution in [0, 0.1) is 0 Å². The molecule has 0 radical (unpaired) electrons. The van der Waals surface area contributed by atoms with E-state index >= 15 is 0 Å². The first-order chi connectivity index (χ1) is 6.61. The maximum absolute atomic E-state index is 11.5. The Morgan fingerprint density at radius 2 is 2.00 bits per heavy atom. The first-order valence-corrected chi connectivity index (χ1v) is 4.95. The second kappa shape index (κ2) is 5.13. The van der Waals surface area contributed by atoms with Crippen LogP contribution < -0.4 is 0 Å². The fourth-order valence-corrected chi connectivity index (χ4v) is 1.18. The Kier molecular flexibility index (Phi) is 4.11. The molecule has 0 saturated heterocycles. The lowest BCUT2D eigenvalue weighted by molar-refractivity contribution is 0.0879. The van der Waals surface area contributed by atoms with Gasteiger partial charge in [0.05, 0.1) is 11.5 Å². The van der Waals surface area contributed by atoms with Gasteiger partial charge in [-0.2, -0.15) is 0 Å². The highest BCUT2D eigenvalue weighted by atomic mass is 35.5. The lowest BCUT2D eigenvalue weighted by Crippen LogP contribution is -2.21. The van der Waals surface area contributed by atoms with Gasteiger partial charge in [0, 0.05) is 12.0 Å². The van der Waals surface area contributed by atoms with Crippen molar-refractivity contribution in [3.05, 3.63) is 35.9 Å². The molecule has 0 saturated carbocycles. The van der Waals surface area contributed by atoms with E-state index in [1.54, 1.807) is 31.2 Å². The van der Waals surface area contributed by atoms with Gasteiger partial charge < -0.3 is 5.11 Å². The number of ketones is 1.